The number of hydrogen-bond donors (Lipinski definition) is 0. The van der Waals surface area contributed by atoms with E-state index in [2.05, 4.69) is 0 Å². The standard InChI is InChI=1S/C21H13ClN2O5S/c22-13-9-10-19-17(11-13)23(16-7-3-4-8-18(16)30-19)20(25)12-29-21(26)14-5-1-2-6-15(14)24(27)28/h1-11H,12H2. The van der Waals surface area contributed by atoms with Crippen molar-refractivity contribution in [3.8, 4) is 0 Å². The van der Waals surface area contributed by atoms with Gasteiger partial charge in [-0.25, -0.2) is 4.79 Å². The highest BCUT2D eigenvalue weighted by Crippen LogP contribution is 2.48. The number of benzene rings is 3. The topological polar surface area (TPSA) is 89.8 Å². The lowest BCUT2D eigenvalue weighted by atomic mass is 10.2. The van der Waals surface area contributed by atoms with Gasteiger partial charge in [0.2, 0.25) is 0 Å². The van der Waals surface area contributed by atoms with Crippen LogP contribution in [-0.2, 0) is 9.53 Å². The minimum absolute atomic E-state index is 0.214. The van der Waals surface area contributed by atoms with Crippen molar-refractivity contribution in [2.45, 2.75) is 9.79 Å². The highest BCUT2D eigenvalue weighted by molar-refractivity contribution is 7.99. The maximum Gasteiger partial charge on any atom is 0.345 e. The summed E-state index contributed by atoms with van der Waals surface area (Å²) >= 11 is 7.64. The van der Waals surface area contributed by atoms with E-state index in [0.717, 1.165) is 9.79 Å². The van der Waals surface area contributed by atoms with Gasteiger partial charge in [-0.2, -0.15) is 0 Å². The summed E-state index contributed by atoms with van der Waals surface area (Å²) in [5.74, 6) is -1.44. The quantitative estimate of drug-likeness (QED) is 0.313. The number of amides is 1. The number of carbonyl (C=O) groups is 2. The van der Waals surface area contributed by atoms with E-state index in [0.29, 0.717) is 16.4 Å². The lowest BCUT2D eigenvalue weighted by Crippen LogP contribution is -2.32. The zero-order chi connectivity index (χ0) is 21.3. The third-order valence-corrected chi connectivity index (χ3v) is 5.75. The summed E-state index contributed by atoms with van der Waals surface area (Å²) < 4.78 is 5.12. The van der Waals surface area contributed by atoms with Crippen LogP contribution < -0.4 is 4.90 Å². The second-order valence-electron chi connectivity index (χ2n) is 6.26. The van der Waals surface area contributed by atoms with Crippen LogP contribution >= 0.6 is 23.4 Å². The Hall–Kier alpha value is -3.36. The fraction of sp³-hybridized carbons (Fsp3) is 0.0476. The molecular formula is C21H13ClN2O5S. The number of halogens is 1. The van der Waals surface area contributed by atoms with Gasteiger partial charge in [0.15, 0.2) is 6.61 Å². The first-order chi connectivity index (χ1) is 14.5. The van der Waals surface area contributed by atoms with Gasteiger partial charge in [0, 0.05) is 20.9 Å². The van der Waals surface area contributed by atoms with Crippen LogP contribution in [0, 0.1) is 10.1 Å². The van der Waals surface area contributed by atoms with Gasteiger partial charge in [-0.05, 0) is 36.4 Å². The number of nitro benzene ring substituents is 1. The Morgan fingerprint density at radius 2 is 1.70 bits per heavy atom. The van der Waals surface area contributed by atoms with Crippen molar-refractivity contribution in [1.82, 2.24) is 0 Å². The molecule has 4 rings (SSSR count). The van der Waals surface area contributed by atoms with Crippen molar-refractivity contribution in [2.75, 3.05) is 11.5 Å². The number of ether oxygens (including phenoxy) is 1. The normalized spacial score (nSPS) is 12.0. The third kappa shape index (κ3) is 3.74. The zero-order valence-electron chi connectivity index (χ0n) is 15.3. The van der Waals surface area contributed by atoms with Crippen molar-refractivity contribution in [3.05, 3.63) is 87.4 Å². The van der Waals surface area contributed by atoms with Crippen LogP contribution in [0.25, 0.3) is 0 Å². The second-order valence-corrected chi connectivity index (χ2v) is 7.78. The summed E-state index contributed by atoms with van der Waals surface area (Å²) in [6.45, 7) is -0.587. The lowest BCUT2D eigenvalue weighted by Gasteiger charge is -2.31. The van der Waals surface area contributed by atoms with Crippen LogP contribution in [0.5, 0.6) is 0 Å². The molecule has 0 atom stereocenters. The van der Waals surface area contributed by atoms with E-state index < -0.39 is 23.4 Å². The molecule has 0 aromatic heterocycles. The molecular weight excluding hydrogens is 428 g/mol. The van der Waals surface area contributed by atoms with Crippen LogP contribution in [-0.4, -0.2) is 23.4 Å². The van der Waals surface area contributed by atoms with Crippen molar-refractivity contribution >= 4 is 52.3 Å². The van der Waals surface area contributed by atoms with Gasteiger partial charge in [-0.15, -0.1) is 0 Å². The Bertz CT molecular complexity index is 1180. The van der Waals surface area contributed by atoms with Crippen LogP contribution in [0.15, 0.2) is 76.5 Å². The lowest BCUT2D eigenvalue weighted by molar-refractivity contribution is -0.385. The van der Waals surface area contributed by atoms with E-state index in [1.54, 1.807) is 24.3 Å². The molecule has 7 nitrogen and oxygen atoms in total. The number of nitrogens with zero attached hydrogens (tertiary/aromatic N) is 2. The molecule has 30 heavy (non-hydrogen) atoms. The molecule has 0 saturated carbocycles. The SMILES string of the molecule is O=C(OCC(=O)N1c2ccccc2Sc2ccc(Cl)cc21)c1ccccc1[N+](=O)[O-]. The van der Waals surface area contributed by atoms with E-state index in [1.165, 1.54) is 40.9 Å². The van der Waals surface area contributed by atoms with Gasteiger partial charge in [-0.3, -0.25) is 19.8 Å². The number of fused-ring (bicyclic) bond motifs is 2. The van der Waals surface area contributed by atoms with Crippen molar-refractivity contribution in [2.24, 2.45) is 0 Å². The molecule has 0 saturated heterocycles. The maximum atomic E-state index is 13.1. The van der Waals surface area contributed by atoms with E-state index >= 15 is 0 Å². The molecule has 1 heterocycles. The van der Waals surface area contributed by atoms with Crippen LogP contribution in [0.4, 0.5) is 17.1 Å². The molecule has 1 amide bonds. The predicted octanol–water partition coefficient (Wildman–Crippen LogP) is 5.23. The summed E-state index contributed by atoms with van der Waals surface area (Å²) in [5.41, 5.74) is 0.627. The first kappa shape index (κ1) is 19.9. The molecule has 3 aromatic rings. The fourth-order valence-corrected chi connectivity index (χ4v) is 4.28. The number of hydrogen-bond acceptors (Lipinski definition) is 6. The molecule has 0 bridgehead atoms. The highest BCUT2D eigenvalue weighted by Gasteiger charge is 2.30. The molecule has 0 radical (unpaired) electrons. The second kappa shape index (κ2) is 8.17. The average Bonchev–Trinajstić information content (AvgIpc) is 2.75. The van der Waals surface area contributed by atoms with Crippen molar-refractivity contribution in [1.29, 1.82) is 0 Å². The summed E-state index contributed by atoms with van der Waals surface area (Å²) in [6, 6.07) is 18.0. The summed E-state index contributed by atoms with van der Waals surface area (Å²) in [4.78, 5) is 39.0. The zero-order valence-corrected chi connectivity index (χ0v) is 16.9. The molecule has 3 aromatic carbocycles. The van der Waals surface area contributed by atoms with Crippen molar-refractivity contribution in [3.63, 3.8) is 0 Å². The van der Waals surface area contributed by atoms with Gasteiger partial charge in [-0.1, -0.05) is 47.6 Å². The number of anilines is 2. The fourth-order valence-electron chi connectivity index (χ4n) is 3.07. The third-order valence-electron chi connectivity index (χ3n) is 4.38. The Kier molecular flexibility index (Phi) is 5.43. The van der Waals surface area contributed by atoms with Crippen LogP contribution in [0.2, 0.25) is 5.02 Å². The minimum Gasteiger partial charge on any atom is -0.452 e. The number of carbonyl (C=O) groups excluding carboxylic acids is 2. The molecule has 1 aliphatic heterocycles. The van der Waals surface area contributed by atoms with Crippen LogP contribution in [0.1, 0.15) is 10.4 Å². The summed E-state index contributed by atoms with van der Waals surface area (Å²) in [5, 5.41) is 11.6. The molecule has 0 N–H and O–H groups in total. The largest absolute Gasteiger partial charge is 0.452 e. The van der Waals surface area contributed by atoms with Gasteiger partial charge in [0.25, 0.3) is 11.6 Å². The van der Waals surface area contributed by atoms with Gasteiger partial charge in [0.05, 0.1) is 16.3 Å². The van der Waals surface area contributed by atoms with E-state index in [1.807, 2.05) is 18.2 Å². The van der Waals surface area contributed by atoms with Crippen molar-refractivity contribution < 1.29 is 19.2 Å². The first-order valence-electron chi connectivity index (χ1n) is 8.75. The summed E-state index contributed by atoms with van der Waals surface area (Å²) in [6.07, 6.45) is 0. The first-order valence-corrected chi connectivity index (χ1v) is 9.95. The van der Waals surface area contributed by atoms with Gasteiger partial charge < -0.3 is 4.74 Å². The monoisotopic (exact) mass is 440 g/mol. The number of rotatable bonds is 4. The Morgan fingerprint density at radius 3 is 2.50 bits per heavy atom. The molecule has 0 fully saturated rings. The van der Waals surface area contributed by atoms with Gasteiger partial charge in [0.1, 0.15) is 5.56 Å². The van der Waals surface area contributed by atoms with E-state index in [9.17, 15) is 19.7 Å². The highest BCUT2D eigenvalue weighted by atomic mass is 35.5. The molecule has 0 unspecified atom stereocenters. The minimum atomic E-state index is -0.943. The molecule has 1 aliphatic rings. The smallest absolute Gasteiger partial charge is 0.345 e. The molecule has 150 valence electrons. The Labute approximate surface area is 180 Å². The Balaban J connectivity index is 1.61. The number of esters is 1. The Morgan fingerprint density at radius 1 is 1.00 bits per heavy atom. The molecule has 9 heteroatoms. The van der Waals surface area contributed by atoms with Gasteiger partial charge >= 0.3 is 5.97 Å². The average molecular weight is 441 g/mol. The summed E-state index contributed by atoms with van der Waals surface area (Å²) in [7, 11) is 0. The number of para-hydroxylation sites is 2. The molecule has 0 aliphatic carbocycles. The van der Waals surface area contributed by atoms with E-state index in [-0.39, 0.29) is 11.3 Å². The van der Waals surface area contributed by atoms with E-state index in [4.69, 9.17) is 16.3 Å². The molecule has 0 spiro atoms. The predicted molar refractivity (Wildman–Crippen MR) is 113 cm³/mol. The number of nitro groups is 1. The van der Waals surface area contributed by atoms with Crippen LogP contribution in [0.3, 0.4) is 0 Å². The maximum absolute atomic E-state index is 13.1.